The van der Waals surface area contributed by atoms with Crippen molar-refractivity contribution in [3.05, 3.63) is 101 Å². The van der Waals surface area contributed by atoms with Gasteiger partial charge in [-0.15, -0.1) is 0 Å². The van der Waals surface area contributed by atoms with Crippen LogP contribution in [0.15, 0.2) is 77.9 Å². The molecule has 3 aromatic rings. The molecule has 0 radical (unpaired) electrons. The Morgan fingerprint density at radius 2 is 1.74 bits per heavy atom. The number of hydrogen-bond acceptors (Lipinski definition) is 6. The van der Waals surface area contributed by atoms with Gasteiger partial charge in [0.2, 0.25) is 0 Å². The SMILES string of the molecule is COC(=O)COc1ccc(/C=N/NC(=O)c2ccc(CN3CCc4ccccc4C3)cc2)cc1. The van der Waals surface area contributed by atoms with E-state index in [0.717, 1.165) is 31.6 Å². The molecule has 1 aliphatic heterocycles. The van der Waals surface area contributed by atoms with Gasteiger partial charge in [0.05, 0.1) is 13.3 Å². The number of rotatable bonds is 8. The highest BCUT2D eigenvalue weighted by atomic mass is 16.6. The summed E-state index contributed by atoms with van der Waals surface area (Å²) in [7, 11) is 1.31. The van der Waals surface area contributed by atoms with Crippen LogP contribution in [0.25, 0.3) is 0 Å². The van der Waals surface area contributed by atoms with Gasteiger partial charge < -0.3 is 9.47 Å². The summed E-state index contributed by atoms with van der Waals surface area (Å²) in [6, 6.07) is 23.2. The first-order valence-electron chi connectivity index (χ1n) is 11.1. The Hall–Kier alpha value is -3.97. The summed E-state index contributed by atoms with van der Waals surface area (Å²) in [6.07, 6.45) is 2.61. The molecule has 0 aromatic heterocycles. The molecule has 1 N–H and O–H groups in total. The first-order chi connectivity index (χ1) is 16.6. The predicted molar refractivity (Wildman–Crippen MR) is 130 cm³/mol. The quantitative estimate of drug-likeness (QED) is 0.318. The molecule has 1 amide bonds. The second-order valence-corrected chi connectivity index (χ2v) is 8.06. The third-order valence-electron chi connectivity index (χ3n) is 5.68. The Labute approximate surface area is 199 Å². The molecule has 0 saturated carbocycles. The Bertz CT molecular complexity index is 1160. The van der Waals surface area contributed by atoms with Gasteiger partial charge in [-0.1, -0.05) is 36.4 Å². The molecule has 1 aliphatic rings. The number of methoxy groups -OCH3 is 1. The van der Waals surface area contributed by atoms with Gasteiger partial charge in [0.1, 0.15) is 5.75 Å². The first-order valence-corrected chi connectivity index (χ1v) is 11.1. The lowest BCUT2D eigenvalue weighted by Gasteiger charge is -2.28. The molecule has 0 atom stereocenters. The van der Waals surface area contributed by atoms with E-state index in [2.05, 4.69) is 44.4 Å². The van der Waals surface area contributed by atoms with E-state index in [1.165, 1.54) is 23.8 Å². The summed E-state index contributed by atoms with van der Waals surface area (Å²) in [6.45, 7) is 2.69. The number of carbonyl (C=O) groups excluding carboxylic acids is 2. The van der Waals surface area contributed by atoms with Gasteiger partial charge >= 0.3 is 5.97 Å². The molecule has 0 fully saturated rings. The fourth-order valence-electron chi connectivity index (χ4n) is 3.79. The average molecular weight is 458 g/mol. The van der Waals surface area contributed by atoms with Crippen LogP contribution in [0, 0.1) is 0 Å². The van der Waals surface area contributed by atoms with Crippen LogP contribution in [-0.4, -0.2) is 43.3 Å². The number of hydrazone groups is 1. The Balaban J connectivity index is 1.25. The first kappa shape index (κ1) is 23.2. The van der Waals surface area contributed by atoms with Crippen molar-refractivity contribution >= 4 is 18.1 Å². The van der Waals surface area contributed by atoms with Gasteiger partial charge in [-0.3, -0.25) is 9.69 Å². The van der Waals surface area contributed by atoms with Crippen LogP contribution in [0.4, 0.5) is 0 Å². The van der Waals surface area contributed by atoms with Gasteiger partial charge in [-0.2, -0.15) is 5.10 Å². The molecule has 3 aromatic carbocycles. The van der Waals surface area contributed by atoms with Crippen molar-refractivity contribution in [1.82, 2.24) is 10.3 Å². The molecular weight excluding hydrogens is 430 g/mol. The molecule has 34 heavy (non-hydrogen) atoms. The maximum absolute atomic E-state index is 12.4. The van der Waals surface area contributed by atoms with Gasteiger partial charge in [0, 0.05) is 25.2 Å². The number of benzene rings is 3. The van der Waals surface area contributed by atoms with E-state index in [-0.39, 0.29) is 12.5 Å². The van der Waals surface area contributed by atoms with E-state index >= 15 is 0 Å². The van der Waals surface area contributed by atoms with E-state index in [0.29, 0.717) is 11.3 Å². The lowest BCUT2D eigenvalue weighted by molar-refractivity contribution is -0.142. The minimum absolute atomic E-state index is 0.148. The minimum atomic E-state index is -0.446. The van der Waals surface area contributed by atoms with Crippen LogP contribution in [0.1, 0.15) is 32.6 Å². The molecule has 7 heteroatoms. The van der Waals surface area contributed by atoms with E-state index < -0.39 is 5.97 Å². The monoisotopic (exact) mass is 457 g/mol. The normalized spacial score (nSPS) is 13.3. The van der Waals surface area contributed by atoms with E-state index in [9.17, 15) is 9.59 Å². The topological polar surface area (TPSA) is 80.2 Å². The lowest BCUT2D eigenvalue weighted by Crippen LogP contribution is -2.30. The second-order valence-electron chi connectivity index (χ2n) is 8.06. The average Bonchev–Trinajstić information content (AvgIpc) is 2.88. The largest absolute Gasteiger partial charge is 0.482 e. The molecule has 1 heterocycles. The maximum atomic E-state index is 12.4. The summed E-state index contributed by atoms with van der Waals surface area (Å²) in [5.41, 5.74) is 7.89. The number of carbonyl (C=O) groups is 2. The summed E-state index contributed by atoms with van der Waals surface area (Å²) in [4.78, 5) is 25.9. The molecule has 0 bridgehead atoms. The Kier molecular flexibility index (Phi) is 7.67. The molecule has 0 unspecified atom stereocenters. The highest BCUT2D eigenvalue weighted by Gasteiger charge is 2.16. The molecule has 0 aliphatic carbocycles. The van der Waals surface area contributed by atoms with Crippen LogP contribution >= 0.6 is 0 Å². The van der Waals surface area contributed by atoms with Crippen LogP contribution < -0.4 is 10.2 Å². The molecule has 174 valence electrons. The molecule has 7 nitrogen and oxygen atoms in total. The highest BCUT2D eigenvalue weighted by molar-refractivity contribution is 5.94. The fourth-order valence-corrected chi connectivity index (χ4v) is 3.79. The summed E-state index contributed by atoms with van der Waals surface area (Å²) in [5, 5.41) is 4.02. The number of hydrogen-bond donors (Lipinski definition) is 1. The van der Waals surface area contributed by atoms with Crippen LogP contribution in [0.3, 0.4) is 0 Å². The third-order valence-corrected chi connectivity index (χ3v) is 5.68. The fraction of sp³-hybridized carbons (Fsp3) is 0.222. The van der Waals surface area contributed by atoms with E-state index in [4.69, 9.17) is 4.74 Å². The maximum Gasteiger partial charge on any atom is 0.343 e. The number of nitrogens with zero attached hydrogens (tertiary/aromatic N) is 2. The molecule has 4 rings (SSSR count). The molecule has 0 spiro atoms. The van der Waals surface area contributed by atoms with Crippen molar-refractivity contribution in [3.8, 4) is 5.75 Å². The van der Waals surface area contributed by atoms with E-state index in [1.807, 2.05) is 24.3 Å². The number of ether oxygens (including phenoxy) is 2. The standard InChI is InChI=1S/C27H27N3O4/c1-33-26(31)19-34-25-12-8-20(9-13-25)16-28-29-27(32)23-10-6-21(7-11-23)17-30-15-14-22-4-2-3-5-24(22)18-30/h2-13,16H,14-15,17-19H2,1H3,(H,29,32)/b28-16+. The zero-order valence-corrected chi connectivity index (χ0v) is 19.1. The summed E-state index contributed by atoms with van der Waals surface area (Å²) < 4.78 is 9.83. The number of fused-ring (bicyclic) bond motifs is 1. The Morgan fingerprint density at radius 3 is 2.47 bits per heavy atom. The lowest BCUT2D eigenvalue weighted by atomic mass is 9.99. The minimum Gasteiger partial charge on any atom is -0.482 e. The zero-order chi connectivity index (χ0) is 23.8. The van der Waals surface area contributed by atoms with Crippen LogP contribution in [0.5, 0.6) is 5.75 Å². The second kappa shape index (κ2) is 11.2. The smallest absolute Gasteiger partial charge is 0.343 e. The van der Waals surface area contributed by atoms with Crippen LogP contribution in [-0.2, 0) is 29.0 Å². The Morgan fingerprint density at radius 1 is 1.00 bits per heavy atom. The number of amides is 1. The number of esters is 1. The van der Waals surface area contributed by atoms with Crippen molar-refractivity contribution in [2.24, 2.45) is 5.10 Å². The summed E-state index contributed by atoms with van der Waals surface area (Å²) in [5.74, 6) is -0.174. The van der Waals surface area contributed by atoms with Gasteiger partial charge in [0.15, 0.2) is 6.61 Å². The number of nitrogens with one attached hydrogen (secondary N) is 1. The van der Waals surface area contributed by atoms with Gasteiger partial charge in [-0.05, 0) is 65.1 Å². The molecular formula is C27H27N3O4. The third kappa shape index (κ3) is 6.30. The van der Waals surface area contributed by atoms with E-state index in [1.54, 1.807) is 30.5 Å². The van der Waals surface area contributed by atoms with Crippen molar-refractivity contribution in [3.63, 3.8) is 0 Å². The van der Waals surface area contributed by atoms with Crippen molar-refractivity contribution < 1.29 is 19.1 Å². The molecule has 0 saturated heterocycles. The predicted octanol–water partition coefficient (Wildman–Crippen LogP) is 3.56. The highest BCUT2D eigenvalue weighted by Crippen LogP contribution is 2.20. The van der Waals surface area contributed by atoms with Gasteiger partial charge in [0.25, 0.3) is 5.91 Å². The van der Waals surface area contributed by atoms with Crippen molar-refractivity contribution in [2.75, 3.05) is 20.3 Å². The van der Waals surface area contributed by atoms with Gasteiger partial charge in [-0.25, -0.2) is 10.2 Å². The van der Waals surface area contributed by atoms with Crippen LogP contribution in [0.2, 0.25) is 0 Å². The summed E-state index contributed by atoms with van der Waals surface area (Å²) >= 11 is 0. The van der Waals surface area contributed by atoms with Crippen molar-refractivity contribution in [2.45, 2.75) is 19.5 Å². The van der Waals surface area contributed by atoms with Crippen molar-refractivity contribution in [1.29, 1.82) is 0 Å². The zero-order valence-electron chi connectivity index (χ0n) is 19.1.